The van der Waals surface area contributed by atoms with E-state index in [4.69, 9.17) is 4.74 Å². The van der Waals surface area contributed by atoms with Crippen LogP contribution >= 0.6 is 0 Å². The standard InChI is InChI=1S/C21H31N5O4/c1-19(2,3)30-18(28)25-10-9-21(29,20(12-25)7-5-6-8-20)13-26-14-22-15-11-24(4)23-16(15)17(26)27/h11,14,29H,5-10,12-13H2,1-4H3. The fourth-order valence-corrected chi connectivity index (χ4v) is 5.02. The van der Waals surface area contributed by atoms with Crippen LogP contribution in [-0.2, 0) is 18.3 Å². The zero-order valence-corrected chi connectivity index (χ0v) is 18.2. The average Bonchev–Trinajstić information content (AvgIpc) is 3.26. The summed E-state index contributed by atoms with van der Waals surface area (Å²) in [5.41, 5.74) is -1.53. The Bertz CT molecular complexity index is 1010. The third-order valence-corrected chi connectivity index (χ3v) is 6.53. The molecule has 0 bridgehead atoms. The van der Waals surface area contributed by atoms with E-state index in [2.05, 4.69) is 10.1 Å². The van der Waals surface area contributed by atoms with Gasteiger partial charge in [0.15, 0.2) is 5.52 Å². The summed E-state index contributed by atoms with van der Waals surface area (Å²) in [6.07, 6.45) is 6.87. The Morgan fingerprint density at radius 3 is 2.63 bits per heavy atom. The number of carbonyl (C=O) groups is 1. The second kappa shape index (κ2) is 7.08. The van der Waals surface area contributed by atoms with Gasteiger partial charge in [-0.3, -0.25) is 14.0 Å². The summed E-state index contributed by atoms with van der Waals surface area (Å²) >= 11 is 0. The molecule has 9 nitrogen and oxygen atoms in total. The van der Waals surface area contributed by atoms with Crippen LogP contribution in [0.3, 0.4) is 0 Å². The number of aliphatic hydroxyl groups is 1. The highest BCUT2D eigenvalue weighted by Gasteiger charge is 2.56. The molecule has 1 spiro atoms. The van der Waals surface area contributed by atoms with Crippen LogP contribution in [0.15, 0.2) is 17.3 Å². The summed E-state index contributed by atoms with van der Waals surface area (Å²) in [5, 5.41) is 16.0. The smallest absolute Gasteiger partial charge is 0.410 e. The molecule has 2 aliphatic rings. The van der Waals surface area contributed by atoms with Crippen molar-refractivity contribution in [2.45, 2.75) is 70.6 Å². The maximum atomic E-state index is 12.9. The molecule has 1 amide bonds. The summed E-state index contributed by atoms with van der Waals surface area (Å²) in [5.74, 6) is 0. The van der Waals surface area contributed by atoms with Gasteiger partial charge in [-0.25, -0.2) is 9.78 Å². The van der Waals surface area contributed by atoms with Crippen molar-refractivity contribution in [3.05, 3.63) is 22.9 Å². The van der Waals surface area contributed by atoms with Gasteiger partial charge in [-0.1, -0.05) is 12.8 Å². The van der Waals surface area contributed by atoms with E-state index in [1.54, 1.807) is 22.8 Å². The first kappa shape index (κ1) is 20.8. The fourth-order valence-electron chi connectivity index (χ4n) is 5.02. The monoisotopic (exact) mass is 417 g/mol. The molecule has 0 aromatic carbocycles. The van der Waals surface area contributed by atoms with E-state index in [1.165, 1.54) is 10.9 Å². The highest BCUT2D eigenvalue weighted by molar-refractivity contribution is 5.71. The largest absolute Gasteiger partial charge is 0.444 e. The van der Waals surface area contributed by atoms with Crippen molar-refractivity contribution in [2.75, 3.05) is 13.1 Å². The minimum Gasteiger partial charge on any atom is -0.444 e. The van der Waals surface area contributed by atoms with Crippen LogP contribution < -0.4 is 5.56 Å². The number of ether oxygens (including phenoxy) is 1. The van der Waals surface area contributed by atoms with Crippen LogP contribution in [0, 0.1) is 5.41 Å². The van der Waals surface area contributed by atoms with E-state index in [1.807, 2.05) is 20.8 Å². The molecule has 1 saturated carbocycles. The quantitative estimate of drug-likeness (QED) is 0.802. The first-order chi connectivity index (χ1) is 14.0. The zero-order chi connectivity index (χ0) is 21.7. The first-order valence-electron chi connectivity index (χ1n) is 10.6. The maximum absolute atomic E-state index is 12.9. The number of likely N-dealkylation sites (tertiary alicyclic amines) is 1. The lowest BCUT2D eigenvalue weighted by Gasteiger charge is -2.52. The summed E-state index contributed by atoms with van der Waals surface area (Å²) in [6.45, 7) is 6.53. The van der Waals surface area contributed by atoms with Crippen molar-refractivity contribution in [3.8, 4) is 0 Å². The van der Waals surface area contributed by atoms with Crippen molar-refractivity contribution in [2.24, 2.45) is 12.5 Å². The van der Waals surface area contributed by atoms with E-state index in [9.17, 15) is 14.7 Å². The maximum Gasteiger partial charge on any atom is 0.410 e. The van der Waals surface area contributed by atoms with Gasteiger partial charge < -0.3 is 14.7 Å². The number of aryl methyl sites for hydroxylation is 1. The average molecular weight is 418 g/mol. The van der Waals surface area contributed by atoms with Crippen LogP contribution in [0.2, 0.25) is 0 Å². The van der Waals surface area contributed by atoms with Crippen molar-refractivity contribution in [3.63, 3.8) is 0 Å². The summed E-state index contributed by atoms with van der Waals surface area (Å²) < 4.78 is 8.60. The molecule has 4 rings (SSSR count). The first-order valence-corrected chi connectivity index (χ1v) is 10.6. The van der Waals surface area contributed by atoms with Crippen LogP contribution in [0.5, 0.6) is 0 Å². The molecule has 164 valence electrons. The van der Waals surface area contributed by atoms with E-state index in [0.717, 1.165) is 25.7 Å². The lowest BCUT2D eigenvalue weighted by atomic mass is 9.66. The Kier molecular flexibility index (Phi) is 4.91. The molecule has 1 aliphatic carbocycles. The van der Waals surface area contributed by atoms with Gasteiger partial charge in [0.2, 0.25) is 0 Å². The minimum atomic E-state index is -1.10. The molecule has 1 N–H and O–H groups in total. The van der Waals surface area contributed by atoms with E-state index in [0.29, 0.717) is 30.5 Å². The molecule has 2 fully saturated rings. The predicted octanol–water partition coefficient (Wildman–Crippen LogP) is 2.06. The Morgan fingerprint density at radius 2 is 1.97 bits per heavy atom. The highest BCUT2D eigenvalue weighted by atomic mass is 16.6. The van der Waals surface area contributed by atoms with Gasteiger partial charge in [-0.15, -0.1) is 0 Å². The van der Waals surface area contributed by atoms with E-state index < -0.39 is 16.6 Å². The second-order valence-electron chi connectivity index (χ2n) is 9.89. The topological polar surface area (TPSA) is 102 Å². The van der Waals surface area contributed by atoms with Crippen molar-refractivity contribution in [1.82, 2.24) is 24.2 Å². The van der Waals surface area contributed by atoms with Crippen LogP contribution in [-0.4, -0.2) is 59.7 Å². The summed E-state index contributed by atoms with van der Waals surface area (Å²) in [6, 6.07) is 0. The van der Waals surface area contributed by atoms with Crippen molar-refractivity contribution < 1.29 is 14.6 Å². The van der Waals surface area contributed by atoms with Gasteiger partial charge in [0.05, 0.1) is 24.7 Å². The Labute approximate surface area is 175 Å². The van der Waals surface area contributed by atoms with Gasteiger partial charge in [0, 0.05) is 25.6 Å². The summed E-state index contributed by atoms with van der Waals surface area (Å²) in [7, 11) is 1.75. The number of fused-ring (bicyclic) bond motifs is 1. The number of piperidine rings is 1. The van der Waals surface area contributed by atoms with Crippen LogP contribution in [0.1, 0.15) is 52.9 Å². The number of hydrogen-bond donors (Lipinski definition) is 1. The van der Waals surface area contributed by atoms with Crippen molar-refractivity contribution in [1.29, 1.82) is 0 Å². The number of hydrogen-bond acceptors (Lipinski definition) is 6. The zero-order valence-electron chi connectivity index (χ0n) is 18.2. The normalized spacial score (nSPS) is 24.0. The van der Waals surface area contributed by atoms with E-state index in [-0.39, 0.29) is 18.2 Å². The number of rotatable bonds is 2. The molecular formula is C21H31N5O4. The predicted molar refractivity (Wildman–Crippen MR) is 111 cm³/mol. The third kappa shape index (κ3) is 3.59. The van der Waals surface area contributed by atoms with Gasteiger partial charge in [-0.2, -0.15) is 5.10 Å². The lowest BCUT2D eigenvalue weighted by Crippen LogP contribution is -2.62. The molecule has 1 saturated heterocycles. The minimum absolute atomic E-state index is 0.146. The molecule has 3 heterocycles. The SMILES string of the molecule is Cn1cc2ncn(CC3(O)CCN(C(=O)OC(C)(C)C)CC34CCCC4)c(=O)c2n1. The molecule has 0 radical (unpaired) electrons. The number of aromatic nitrogens is 4. The highest BCUT2D eigenvalue weighted by Crippen LogP contribution is 2.51. The molecule has 1 atom stereocenters. The van der Waals surface area contributed by atoms with Gasteiger partial charge in [-0.05, 0) is 40.0 Å². The Hall–Kier alpha value is -2.42. The Balaban J connectivity index is 1.62. The molecule has 1 unspecified atom stereocenters. The van der Waals surface area contributed by atoms with Crippen LogP contribution in [0.4, 0.5) is 4.79 Å². The molecule has 1 aliphatic heterocycles. The molecule has 30 heavy (non-hydrogen) atoms. The van der Waals surface area contributed by atoms with Gasteiger partial charge in [0.1, 0.15) is 11.1 Å². The summed E-state index contributed by atoms with van der Waals surface area (Å²) in [4.78, 5) is 31.7. The molecular weight excluding hydrogens is 386 g/mol. The van der Waals surface area contributed by atoms with Crippen LogP contribution in [0.25, 0.3) is 11.0 Å². The fraction of sp³-hybridized carbons (Fsp3) is 0.714. The lowest BCUT2D eigenvalue weighted by molar-refractivity contribution is -0.140. The number of nitrogens with zero attached hydrogens (tertiary/aromatic N) is 5. The van der Waals surface area contributed by atoms with Gasteiger partial charge >= 0.3 is 6.09 Å². The molecule has 9 heteroatoms. The number of carbonyl (C=O) groups excluding carboxylic acids is 1. The third-order valence-electron chi connectivity index (χ3n) is 6.53. The van der Waals surface area contributed by atoms with Gasteiger partial charge in [0.25, 0.3) is 5.56 Å². The molecule has 2 aromatic heterocycles. The molecule has 2 aromatic rings. The Morgan fingerprint density at radius 1 is 1.27 bits per heavy atom. The van der Waals surface area contributed by atoms with Crippen molar-refractivity contribution >= 4 is 17.1 Å². The second-order valence-corrected chi connectivity index (χ2v) is 9.89. The number of amides is 1. The van der Waals surface area contributed by atoms with E-state index >= 15 is 0 Å².